The van der Waals surface area contributed by atoms with E-state index in [1.165, 1.54) is 15.9 Å². The van der Waals surface area contributed by atoms with Crippen LogP contribution in [0.4, 0.5) is 5.88 Å². The van der Waals surface area contributed by atoms with Gasteiger partial charge in [0, 0.05) is 80.4 Å². The predicted octanol–water partition coefficient (Wildman–Crippen LogP) is 7.86. The van der Waals surface area contributed by atoms with E-state index >= 15 is 0 Å². The number of carbonyl (C=O) groups is 4. The van der Waals surface area contributed by atoms with Crippen LogP contribution in [0.2, 0.25) is 5.02 Å². The van der Waals surface area contributed by atoms with Crippen LogP contribution in [0.25, 0.3) is 33.1 Å². The quantitative estimate of drug-likeness (QED) is 0.0626. The molecule has 1 saturated heterocycles. The molecule has 14 heteroatoms. The summed E-state index contributed by atoms with van der Waals surface area (Å²) in [5, 5.41) is 7.73. The molecule has 0 unspecified atom stereocenters. The number of halogens is 1. The van der Waals surface area contributed by atoms with Gasteiger partial charge in [-0.2, -0.15) is 4.98 Å². The number of aryl methyl sites for hydroxylation is 3. The molecule has 3 aromatic heterocycles. The van der Waals surface area contributed by atoms with E-state index in [9.17, 15) is 19.2 Å². The smallest absolute Gasteiger partial charge is 0.300 e. The number of hydrogen-bond acceptors (Lipinski definition) is 7. The molecular formula is C45H48ClN7O6. The maximum atomic E-state index is 13.1. The van der Waals surface area contributed by atoms with E-state index in [1.54, 1.807) is 18.2 Å². The number of amides is 4. The van der Waals surface area contributed by atoms with E-state index < -0.39 is 0 Å². The van der Waals surface area contributed by atoms with E-state index in [0.717, 1.165) is 65.2 Å². The monoisotopic (exact) mass is 817 g/mol. The molecule has 0 aliphatic carbocycles. The summed E-state index contributed by atoms with van der Waals surface area (Å²) in [6.07, 6.45) is 8.55. The summed E-state index contributed by atoms with van der Waals surface area (Å²) in [4.78, 5) is 60.7. The van der Waals surface area contributed by atoms with E-state index in [4.69, 9.17) is 20.8 Å². The van der Waals surface area contributed by atoms with Crippen LogP contribution < -0.4 is 20.3 Å². The lowest BCUT2D eigenvalue weighted by molar-refractivity contribution is -0.133. The van der Waals surface area contributed by atoms with Crippen LogP contribution in [0, 0.1) is 6.92 Å². The summed E-state index contributed by atoms with van der Waals surface area (Å²) >= 11 is 6.72. The van der Waals surface area contributed by atoms with Crippen molar-refractivity contribution in [3.8, 4) is 22.9 Å². The number of furan rings is 1. The number of imidazole rings is 1. The van der Waals surface area contributed by atoms with Crippen molar-refractivity contribution in [1.82, 2.24) is 30.1 Å². The summed E-state index contributed by atoms with van der Waals surface area (Å²) < 4.78 is 14.0. The summed E-state index contributed by atoms with van der Waals surface area (Å²) in [5.74, 6) is 0.819. The van der Waals surface area contributed by atoms with E-state index in [2.05, 4.69) is 56.0 Å². The van der Waals surface area contributed by atoms with Gasteiger partial charge in [0.1, 0.15) is 18.1 Å². The first-order valence-electron chi connectivity index (χ1n) is 19.9. The molecule has 13 nitrogen and oxygen atoms in total. The van der Waals surface area contributed by atoms with Gasteiger partial charge in [0.05, 0.1) is 16.1 Å². The molecule has 1 aliphatic heterocycles. The zero-order chi connectivity index (χ0) is 41.5. The summed E-state index contributed by atoms with van der Waals surface area (Å²) in [6, 6.07) is 21.3. The molecule has 1 aliphatic rings. The van der Waals surface area contributed by atoms with Crippen molar-refractivity contribution >= 4 is 63.1 Å². The first kappa shape index (κ1) is 40.8. The molecule has 0 atom stereocenters. The van der Waals surface area contributed by atoms with E-state index in [-0.39, 0.29) is 36.6 Å². The van der Waals surface area contributed by atoms with Gasteiger partial charge in [0.25, 0.3) is 11.9 Å². The number of hydrogen-bond donors (Lipinski definition) is 3. The normalized spacial score (nSPS) is 13.0. The summed E-state index contributed by atoms with van der Waals surface area (Å²) in [6.45, 7) is 7.22. The number of unbranched alkanes of at least 4 members (excludes halogenated alkanes) is 4. The number of anilines is 1. The highest BCUT2D eigenvalue weighted by Crippen LogP contribution is 2.35. The van der Waals surface area contributed by atoms with Crippen LogP contribution in [0.5, 0.6) is 11.8 Å². The number of fused-ring (bicyclic) bond motifs is 2. The minimum Gasteiger partial charge on any atom is -0.445 e. The third-order valence-electron chi connectivity index (χ3n) is 10.6. The molecule has 4 amide bonds. The Bertz CT molecular complexity index is 2520. The van der Waals surface area contributed by atoms with Crippen LogP contribution in [-0.4, -0.2) is 75.8 Å². The average Bonchev–Trinajstić information content (AvgIpc) is 3.97. The maximum Gasteiger partial charge on any atom is 0.300 e. The highest BCUT2D eigenvalue weighted by molar-refractivity contribution is 6.34. The minimum absolute atomic E-state index is 0.0229. The SMILES string of the molecule is C=CC(=O)N1CCN(c2ccc(CCC(=O)NCCCCCCCNC(=O)c3cc(Oc4nc5cc(-c6ccc7c(ccn7C)c6)c(Cl)cc5[nH]4)ccc3C)o2)C(=O)C1. The minimum atomic E-state index is -0.271. The Balaban J connectivity index is 0.787. The number of piperazine rings is 1. The Morgan fingerprint density at radius 2 is 1.76 bits per heavy atom. The topological polar surface area (TPSA) is 155 Å². The van der Waals surface area contributed by atoms with Crippen molar-refractivity contribution in [3.63, 3.8) is 0 Å². The van der Waals surface area contributed by atoms with Crippen LogP contribution in [-0.2, 0) is 27.9 Å². The van der Waals surface area contributed by atoms with Gasteiger partial charge < -0.3 is 34.2 Å². The lowest BCUT2D eigenvalue weighted by atomic mass is 10.0. The molecule has 4 heterocycles. The second-order valence-electron chi connectivity index (χ2n) is 14.8. The van der Waals surface area contributed by atoms with Gasteiger partial charge in [-0.1, -0.05) is 49.6 Å². The Kier molecular flexibility index (Phi) is 12.8. The second-order valence-corrected chi connectivity index (χ2v) is 15.2. The molecule has 7 rings (SSSR count). The Morgan fingerprint density at radius 3 is 2.56 bits per heavy atom. The first-order valence-corrected chi connectivity index (χ1v) is 20.3. The lowest BCUT2D eigenvalue weighted by Gasteiger charge is -2.32. The number of ether oxygens (including phenoxy) is 1. The highest BCUT2D eigenvalue weighted by Gasteiger charge is 2.28. The number of carbonyl (C=O) groups excluding carboxylic acids is 4. The number of benzene rings is 3. The Labute approximate surface area is 347 Å². The van der Waals surface area contributed by atoms with Crippen molar-refractivity contribution in [1.29, 1.82) is 0 Å². The van der Waals surface area contributed by atoms with Crippen LogP contribution in [0.3, 0.4) is 0 Å². The van der Waals surface area contributed by atoms with E-state index in [0.29, 0.717) is 72.1 Å². The second kappa shape index (κ2) is 18.5. The van der Waals surface area contributed by atoms with Gasteiger partial charge in [-0.3, -0.25) is 24.1 Å². The van der Waals surface area contributed by atoms with Crippen molar-refractivity contribution < 1.29 is 28.3 Å². The van der Waals surface area contributed by atoms with Crippen LogP contribution in [0.1, 0.15) is 60.2 Å². The highest BCUT2D eigenvalue weighted by atomic mass is 35.5. The molecule has 3 N–H and O–H groups in total. The van der Waals surface area contributed by atoms with Gasteiger partial charge in [-0.05, 0) is 85.5 Å². The first-order chi connectivity index (χ1) is 28.6. The summed E-state index contributed by atoms with van der Waals surface area (Å²) in [7, 11) is 2.02. The van der Waals surface area contributed by atoms with Crippen molar-refractivity contribution in [2.24, 2.45) is 7.05 Å². The van der Waals surface area contributed by atoms with Crippen molar-refractivity contribution in [2.45, 2.75) is 51.9 Å². The number of rotatable bonds is 17. The van der Waals surface area contributed by atoms with Gasteiger partial charge in [0.15, 0.2) is 0 Å². The Morgan fingerprint density at radius 1 is 0.966 bits per heavy atom. The summed E-state index contributed by atoms with van der Waals surface area (Å²) in [5.41, 5.74) is 5.86. The number of nitrogens with zero attached hydrogens (tertiary/aromatic N) is 4. The molecule has 306 valence electrons. The van der Waals surface area contributed by atoms with Gasteiger partial charge >= 0.3 is 0 Å². The standard InChI is InChI=1S/C45H48ClN7O6/c1-4-41(55)52-22-23-53(42(56)28-52)43-17-14-32(58-43)13-16-40(54)47-19-8-6-5-7-9-20-48-44(57)34-25-33(12-10-29(34)2)59-45-49-37-26-35(36(46)27-38(37)50-45)30-11-15-39-31(24-30)18-21-51(39)3/h4,10-12,14-15,17-18,21,24-27H,1,5-9,13,16,19-20,22-23,28H2,2-3H3,(H,47,54)(H,48,57)(H,49,50). The maximum absolute atomic E-state index is 13.1. The molecule has 59 heavy (non-hydrogen) atoms. The van der Waals surface area contributed by atoms with Gasteiger partial charge in [0.2, 0.25) is 23.6 Å². The number of H-pyrrole nitrogens is 1. The molecule has 3 aromatic carbocycles. The van der Waals surface area contributed by atoms with Crippen molar-refractivity contribution in [3.05, 3.63) is 107 Å². The zero-order valence-corrected chi connectivity index (χ0v) is 34.1. The Hall–Kier alpha value is -6.34. The van der Waals surface area contributed by atoms with Gasteiger partial charge in [-0.15, -0.1) is 0 Å². The zero-order valence-electron chi connectivity index (χ0n) is 33.3. The van der Waals surface area contributed by atoms with E-state index in [1.807, 2.05) is 44.4 Å². The van der Waals surface area contributed by atoms with Crippen LogP contribution in [0.15, 0.2) is 90.0 Å². The fourth-order valence-electron chi connectivity index (χ4n) is 7.25. The van der Waals surface area contributed by atoms with Crippen LogP contribution >= 0.6 is 11.6 Å². The molecule has 0 spiro atoms. The average molecular weight is 818 g/mol. The fourth-order valence-corrected chi connectivity index (χ4v) is 7.52. The fraction of sp³-hybridized carbons (Fsp3) is 0.311. The largest absolute Gasteiger partial charge is 0.445 e. The van der Waals surface area contributed by atoms with Crippen molar-refractivity contribution in [2.75, 3.05) is 37.6 Å². The molecule has 0 saturated carbocycles. The molecule has 0 radical (unpaired) electrons. The number of nitrogens with one attached hydrogen (secondary N) is 3. The predicted molar refractivity (Wildman–Crippen MR) is 229 cm³/mol. The number of aromatic nitrogens is 3. The molecule has 6 aromatic rings. The molecule has 1 fully saturated rings. The number of aromatic amines is 1. The third-order valence-corrected chi connectivity index (χ3v) is 10.9. The molecular weight excluding hydrogens is 770 g/mol. The lowest BCUT2D eigenvalue weighted by Crippen LogP contribution is -2.52. The third kappa shape index (κ3) is 9.86. The molecule has 0 bridgehead atoms. The van der Waals surface area contributed by atoms with Gasteiger partial charge in [-0.25, -0.2) is 0 Å².